The molecule has 4 aliphatic rings. The van der Waals surface area contributed by atoms with E-state index in [9.17, 15) is 19.5 Å². The number of nitrogens with one attached hydrogen (secondary N) is 1. The van der Waals surface area contributed by atoms with Gasteiger partial charge in [0.05, 0.1) is 36.5 Å². The maximum atomic E-state index is 13.7. The first-order valence-electron chi connectivity index (χ1n) is 15.8. The van der Waals surface area contributed by atoms with Crippen LogP contribution < -0.4 is 15.8 Å². The summed E-state index contributed by atoms with van der Waals surface area (Å²) >= 11 is 0. The quantitative estimate of drug-likeness (QED) is 0.319. The monoisotopic (exact) mass is 617 g/mol. The number of hydrogen-bond donors (Lipinski definition) is 2. The largest absolute Gasteiger partial charge is 0.392 e. The minimum atomic E-state index is -0.281. The van der Waals surface area contributed by atoms with Gasteiger partial charge in [0.15, 0.2) is 0 Å². The Morgan fingerprint density at radius 3 is 2.59 bits per heavy atom. The molecule has 46 heavy (non-hydrogen) atoms. The first-order chi connectivity index (χ1) is 22.3. The predicted molar refractivity (Wildman–Crippen MR) is 174 cm³/mol. The van der Waals surface area contributed by atoms with Crippen LogP contribution in [0.3, 0.4) is 0 Å². The van der Waals surface area contributed by atoms with Gasteiger partial charge in [-0.25, -0.2) is 4.98 Å². The van der Waals surface area contributed by atoms with Gasteiger partial charge in [-0.1, -0.05) is 24.3 Å². The second-order valence-corrected chi connectivity index (χ2v) is 13.1. The van der Waals surface area contributed by atoms with Gasteiger partial charge in [-0.2, -0.15) is 0 Å². The lowest BCUT2D eigenvalue weighted by Crippen LogP contribution is -2.67. The third-order valence-electron chi connectivity index (χ3n) is 9.78. The summed E-state index contributed by atoms with van der Waals surface area (Å²) in [6, 6.07) is 17.0. The average molecular weight is 618 g/mol. The number of carbonyl (C=O) groups excluding carboxylic acids is 2. The Morgan fingerprint density at radius 1 is 1.07 bits per heavy atom. The van der Waals surface area contributed by atoms with Gasteiger partial charge < -0.3 is 29.5 Å². The third-order valence-corrected chi connectivity index (χ3v) is 9.78. The Labute approximate surface area is 266 Å². The molecule has 2 N–H and O–H groups in total. The summed E-state index contributed by atoms with van der Waals surface area (Å²) in [4.78, 5) is 47.7. The number of anilines is 3. The first-order valence-corrected chi connectivity index (χ1v) is 15.8. The van der Waals surface area contributed by atoms with Gasteiger partial charge in [-0.3, -0.25) is 14.4 Å². The Kier molecular flexibility index (Phi) is 6.81. The molecule has 5 heterocycles. The average Bonchev–Trinajstić information content (AvgIpc) is 3.88. The van der Waals surface area contributed by atoms with Crippen molar-refractivity contribution in [1.29, 1.82) is 0 Å². The molecule has 1 saturated carbocycles. The molecule has 2 saturated heterocycles. The predicted octanol–water partition coefficient (Wildman–Crippen LogP) is 4.24. The van der Waals surface area contributed by atoms with E-state index in [-0.39, 0.29) is 29.4 Å². The van der Waals surface area contributed by atoms with Crippen LogP contribution in [-0.2, 0) is 24.8 Å². The van der Waals surface area contributed by atoms with Crippen molar-refractivity contribution < 1.29 is 19.4 Å². The molecule has 0 unspecified atom stereocenters. The molecule has 2 aromatic heterocycles. The van der Waals surface area contributed by atoms with Crippen molar-refractivity contribution in [3.8, 4) is 11.1 Å². The number of aliphatic hydroxyl groups excluding tert-OH is 1. The molecule has 10 nitrogen and oxygen atoms in total. The molecule has 10 heteroatoms. The lowest BCUT2D eigenvalue weighted by molar-refractivity contribution is -0.176. The molecule has 8 rings (SSSR count). The summed E-state index contributed by atoms with van der Waals surface area (Å²) in [5.74, 6) is 0.918. The molecule has 1 aliphatic carbocycles. The highest BCUT2D eigenvalue weighted by Gasteiger charge is 2.50. The summed E-state index contributed by atoms with van der Waals surface area (Å²) in [5, 5.41) is 13.7. The van der Waals surface area contributed by atoms with E-state index in [0.29, 0.717) is 78.2 Å². The minimum Gasteiger partial charge on any atom is -0.392 e. The molecule has 0 bridgehead atoms. The highest BCUT2D eigenvalue weighted by Crippen LogP contribution is 2.42. The van der Waals surface area contributed by atoms with Crippen molar-refractivity contribution in [3.05, 3.63) is 105 Å². The van der Waals surface area contributed by atoms with E-state index in [4.69, 9.17) is 4.74 Å². The van der Waals surface area contributed by atoms with Crippen LogP contribution in [0.15, 0.2) is 71.8 Å². The molecule has 3 fully saturated rings. The number of amides is 2. The van der Waals surface area contributed by atoms with E-state index in [1.807, 2.05) is 24.3 Å². The summed E-state index contributed by atoms with van der Waals surface area (Å²) in [5.41, 5.74) is 6.48. The zero-order chi connectivity index (χ0) is 31.6. The molecule has 4 aromatic rings. The van der Waals surface area contributed by atoms with Crippen LogP contribution in [0.4, 0.5) is 17.2 Å². The van der Waals surface area contributed by atoms with Gasteiger partial charge in [0.1, 0.15) is 11.5 Å². The fourth-order valence-electron chi connectivity index (χ4n) is 7.02. The van der Waals surface area contributed by atoms with E-state index >= 15 is 0 Å². The van der Waals surface area contributed by atoms with Crippen LogP contribution >= 0.6 is 0 Å². The van der Waals surface area contributed by atoms with Gasteiger partial charge in [0.25, 0.3) is 17.4 Å². The highest BCUT2D eigenvalue weighted by molar-refractivity contribution is 6.09. The van der Waals surface area contributed by atoms with Crippen LogP contribution in [-0.4, -0.2) is 64.2 Å². The SMILES string of the molecule is Cn1cc(-c2cccc(N3CCc4cc(C5CC5)ccc4C3=O)c2CO)cc(Nc2ccc(C(=O)N3CC4(COC4)C3)cn2)c1=O. The second-order valence-electron chi connectivity index (χ2n) is 13.1. The van der Waals surface area contributed by atoms with Gasteiger partial charge in [0, 0.05) is 55.8 Å². The van der Waals surface area contributed by atoms with Crippen LogP contribution in [0, 0.1) is 5.41 Å². The standard InChI is InChI=1S/C36H35N5O5/c1-39-16-26(14-30(35(39)45)38-32-10-8-25(15-37-32)33(43)40-18-36(19-40)20-46-21-36)27-3-2-4-31(29(27)17-42)41-12-11-24-13-23(22-5-6-22)7-9-28(24)34(41)44/h2-4,7-10,13-16,22,42H,5-6,11-12,17-21H2,1H3,(H,37,38). The van der Waals surface area contributed by atoms with Crippen LogP contribution in [0.1, 0.15) is 56.2 Å². The lowest BCUT2D eigenvalue weighted by atomic mass is 9.78. The number of hydrogen-bond acceptors (Lipinski definition) is 7. The first kappa shape index (κ1) is 28.7. The molecular weight excluding hydrogens is 582 g/mol. The fourth-order valence-corrected chi connectivity index (χ4v) is 7.02. The van der Waals surface area contributed by atoms with E-state index in [1.165, 1.54) is 29.2 Å². The van der Waals surface area contributed by atoms with Crippen molar-refractivity contribution in [2.24, 2.45) is 12.5 Å². The molecule has 234 valence electrons. The highest BCUT2D eigenvalue weighted by atomic mass is 16.5. The van der Waals surface area contributed by atoms with Crippen LogP contribution in [0.5, 0.6) is 0 Å². The number of rotatable bonds is 7. The Bertz CT molecular complexity index is 1940. The van der Waals surface area contributed by atoms with Crippen molar-refractivity contribution in [3.63, 3.8) is 0 Å². The number of likely N-dealkylation sites (tertiary alicyclic amines) is 1. The third kappa shape index (κ3) is 4.89. The number of pyridine rings is 2. The molecule has 1 spiro atoms. The number of aromatic nitrogens is 2. The number of aryl methyl sites for hydroxylation is 1. The number of fused-ring (bicyclic) bond motifs is 1. The number of aliphatic hydroxyl groups is 1. The summed E-state index contributed by atoms with van der Waals surface area (Å²) < 4.78 is 6.78. The van der Waals surface area contributed by atoms with Gasteiger partial charge in [0.2, 0.25) is 0 Å². The van der Waals surface area contributed by atoms with Crippen molar-refractivity contribution in [1.82, 2.24) is 14.5 Å². The van der Waals surface area contributed by atoms with Crippen molar-refractivity contribution in [2.75, 3.05) is 43.1 Å². The van der Waals surface area contributed by atoms with Gasteiger partial charge in [-0.15, -0.1) is 0 Å². The molecular formula is C36H35N5O5. The fraction of sp³-hybridized carbons (Fsp3) is 0.333. The minimum absolute atomic E-state index is 0.0652. The number of nitrogens with zero attached hydrogens (tertiary/aromatic N) is 4. The summed E-state index contributed by atoms with van der Waals surface area (Å²) in [7, 11) is 1.67. The second kappa shape index (κ2) is 10.9. The topological polar surface area (TPSA) is 117 Å². The number of ether oxygens (including phenoxy) is 1. The maximum absolute atomic E-state index is 13.7. The molecule has 3 aliphatic heterocycles. The van der Waals surface area contributed by atoms with E-state index < -0.39 is 0 Å². The van der Waals surface area contributed by atoms with Crippen molar-refractivity contribution >= 4 is 29.0 Å². The zero-order valence-corrected chi connectivity index (χ0v) is 25.7. The van der Waals surface area contributed by atoms with Gasteiger partial charge >= 0.3 is 0 Å². The molecule has 0 radical (unpaired) electrons. The molecule has 2 aromatic carbocycles. The zero-order valence-electron chi connectivity index (χ0n) is 25.7. The Morgan fingerprint density at radius 2 is 1.89 bits per heavy atom. The number of carbonyl (C=O) groups is 2. The van der Waals surface area contributed by atoms with E-state index in [0.717, 1.165) is 17.5 Å². The van der Waals surface area contributed by atoms with Crippen LogP contribution in [0.25, 0.3) is 11.1 Å². The summed E-state index contributed by atoms with van der Waals surface area (Å²) in [6.45, 7) is 3.06. The van der Waals surface area contributed by atoms with E-state index in [1.54, 1.807) is 41.2 Å². The number of benzene rings is 2. The van der Waals surface area contributed by atoms with Crippen molar-refractivity contribution in [2.45, 2.75) is 31.8 Å². The maximum Gasteiger partial charge on any atom is 0.274 e. The summed E-state index contributed by atoms with van der Waals surface area (Å²) in [6.07, 6.45) is 6.42. The molecule has 2 amide bonds. The smallest absolute Gasteiger partial charge is 0.274 e. The van der Waals surface area contributed by atoms with Gasteiger partial charge in [-0.05, 0) is 72.2 Å². The van der Waals surface area contributed by atoms with Crippen LogP contribution in [0.2, 0.25) is 0 Å². The Hall–Kier alpha value is -4.80. The lowest BCUT2D eigenvalue weighted by Gasteiger charge is -2.54. The molecule has 0 atom stereocenters. The van der Waals surface area contributed by atoms with E-state index in [2.05, 4.69) is 22.4 Å². The Balaban J connectivity index is 1.05. The normalized spacial score (nSPS) is 18.2.